The molecule has 0 aliphatic rings. The van der Waals surface area contributed by atoms with E-state index in [2.05, 4.69) is 29.4 Å². The van der Waals surface area contributed by atoms with Crippen LogP contribution in [-0.4, -0.2) is 39.8 Å². The topological polar surface area (TPSA) is 78.3 Å². The maximum absolute atomic E-state index is 12.5. The van der Waals surface area contributed by atoms with Gasteiger partial charge in [0, 0.05) is 16.6 Å². The highest BCUT2D eigenvalue weighted by molar-refractivity contribution is 7.99. The van der Waals surface area contributed by atoms with Crippen molar-refractivity contribution in [1.82, 2.24) is 14.8 Å². The van der Waals surface area contributed by atoms with Crippen LogP contribution in [0.4, 0.5) is 5.69 Å². The SMILES string of the molecule is COc1ccc(OC(C)c2nnc(SCC(=O)Nc3cccc(SC)c3)n2C(C)C)cc1. The van der Waals surface area contributed by atoms with E-state index in [0.717, 1.165) is 22.1 Å². The summed E-state index contributed by atoms with van der Waals surface area (Å²) in [6.45, 7) is 6.06. The lowest BCUT2D eigenvalue weighted by atomic mass is 10.3. The molecule has 0 radical (unpaired) electrons. The van der Waals surface area contributed by atoms with Crippen LogP contribution in [0.15, 0.2) is 58.6 Å². The van der Waals surface area contributed by atoms with Gasteiger partial charge < -0.3 is 19.4 Å². The molecule has 32 heavy (non-hydrogen) atoms. The van der Waals surface area contributed by atoms with E-state index in [-0.39, 0.29) is 23.8 Å². The Hall–Kier alpha value is -2.65. The molecule has 1 atom stereocenters. The van der Waals surface area contributed by atoms with Gasteiger partial charge in [0.25, 0.3) is 0 Å². The van der Waals surface area contributed by atoms with Crippen LogP contribution >= 0.6 is 23.5 Å². The van der Waals surface area contributed by atoms with Crippen molar-refractivity contribution in [2.45, 2.75) is 43.0 Å². The number of nitrogens with one attached hydrogen (secondary N) is 1. The van der Waals surface area contributed by atoms with Gasteiger partial charge in [-0.2, -0.15) is 0 Å². The van der Waals surface area contributed by atoms with Gasteiger partial charge in [0.2, 0.25) is 5.91 Å². The number of thioether (sulfide) groups is 2. The van der Waals surface area contributed by atoms with Crippen molar-refractivity contribution in [1.29, 1.82) is 0 Å². The summed E-state index contributed by atoms with van der Waals surface area (Å²) < 4.78 is 13.3. The summed E-state index contributed by atoms with van der Waals surface area (Å²) >= 11 is 3.00. The number of hydrogen-bond acceptors (Lipinski definition) is 7. The third kappa shape index (κ3) is 6.20. The predicted octanol–water partition coefficient (Wildman–Crippen LogP) is 5.46. The molecular weight excluding hydrogens is 444 g/mol. The molecule has 2 aromatic carbocycles. The van der Waals surface area contributed by atoms with Gasteiger partial charge in [0.05, 0.1) is 12.9 Å². The lowest BCUT2D eigenvalue weighted by molar-refractivity contribution is -0.113. The van der Waals surface area contributed by atoms with Crippen molar-refractivity contribution in [3.8, 4) is 11.5 Å². The van der Waals surface area contributed by atoms with Gasteiger partial charge in [-0.3, -0.25) is 4.79 Å². The van der Waals surface area contributed by atoms with Crippen LogP contribution < -0.4 is 14.8 Å². The fourth-order valence-corrected chi connectivity index (χ4v) is 4.42. The lowest BCUT2D eigenvalue weighted by Gasteiger charge is -2.19. The van der Waals surface area contributed by atoms with Crippen LogP contribution in [-0.2, 0) is 4.79 Å². The summed E-state index contributed by atoms with van der Waals surface area (Å²) in [4.78, 5) is 13.6. The van der Waals surface area contributed by atoms with Gasteiger partial charge in [0.15, 0.2) is 17.1 Å². The van der Waals surface area contributed by atoms with E-state index in [0.29, 0.717) is 11.0 Å². The van der Waals surface area contributed by atoms with Crippen LogP contribution in [0.3, 0.4) is 0 Å². The van der Waals surface area contributed by atoms with E-state index in [1.165, 1.54) is 11.8 Å². The smallest absolute Gasteiger partial charge is 0.234 e. The van der Waals surface area contributed by atoms with Gasteiger partial charge in [-0.25, -0.2) is 0 Å². The molecule has 7 nitrogen and oxygen atoms in total. The van der Waals surface area contributed by atoms with Gasteiger partial charge in [0.1, 0.15) is 11.5 Å². The maximum Gasteiger partial charge on any atom is 0.234 e. The molecule has 1 amide bonds. The zero-order chi connectivity index (χ0) is 23.1. The average Bonchev–Trinajstić information content (AvgIpc) is 3.23. The highest BCUT2D eigenvalue weighted by atomic mass is 32.2. The fraction of sp³-hybridized carbons (Fsp3) is 0.348. The van der Waals surface area contributed by atoms with Gasteiger partial charge in [-0.15, -0.1) is 22.0 Å². The van der Waals surface area contributed by atoms with E-state index >= 15 is 0 Å². The largest absolute Gasteiger partial charge is 0.497 e. The molecule has 0 aliphatic heterocycles. The first-order valence-electron chi connectivity index (χ1n) is 10.2. The molecule has 3 aromatic rings. The number of carbonyl (C=O) groups is 1. The Kier molecular flexibility index (Phi) is 8.46. The number of ether oxygens (including phenoxy) is 2. The molecule has 0 saturated carbocycles. The number of hydrogen-bond donors (Lipinski definition) is 1. The summed E-state index contributed by atoms with van der Waals surface area (Å²) in [6.07, 6.45) is 1.70. The minimum absolute atomic E-state index is 0.0874. The predicted molar refractivity (Wildman–Crippen MR) is 130 cm³/mol. The average molecular weight is 473 g/mol. The Balaban J connectivity index is 1.66. The van der Waals surface area contributed by atoms with E-state index in [4.69, 9.17) is 9.47 Å². The molecule has 0 saturated heterocycles. The zero-order valence-electron chi connectivity index (χ0n) is 18.9. The molecule has 1 N–H and O–H groups in total. The van der Waals surface area contributed by atoms with Crippen molar-refractivity contribution in [3.63, 3.8) is 0 Å². The number of benzene rings is 2. The van der Waals surface area contributed by atoms with Gasteiger partial charge >= 0.3 is 0 Å². The Bertz CT molecular complexity index is 1040. The molecule has 1 heterocycles. The minimum Gasteiger partial charge on any atom is -0.497 e. The third-order valence-electron chi connectivity index (χ3n) is 4.63. The first kappa shape index (κ1) is 24.0. The third-order valence-corrected chi connectivity index (χ3v) is 6.30. The van der Waals surface area contributed by atoms with Crippen molar-refractivity contribution in [3.05, 3.63) is 54.4 Å². The number of amides is 1. The number of aromatic nitrogens is 3. The maximum atomic E-state index is 12.5. The zero-order valence-corrected chi connectivity index (χ0v) is 20.5. The molecule has 0 fully saturated rings. The van der Waals surface area contributed by atoms with Crippen LogP contribution in [0.1, 0.15) is 38.7 Å². The minimum atomic E-state index is -0.309. The van der Waals surface area contributed by atoms with E-state index < -0.39 is 0 Å². The lowest BCUT2D eigenvalue weighted by Crippen LogP contribution is -2.16. The molecule has 1 aromatic heterocycles. The Morgan fingerprint density at radius 3 is 2.47 bits per heavy atom. The van der Waals surface area contributed by atoms with Crippen molar-refractivity contribution in [2.24, 2.45) is 0 Å². The molecule has 3 rings (SSSR count). The second-order valence-electron chi connectivity index (χ2n) is 7.31. The number of rotatable bonds is 10. The first-order valence-corrected chi connectivity index (χ1v) is 12.4. The molecule has 170 valence electrons. The Labute approximate surface area is 197 Å². The Morgan fingerprint density at radius 2 is 1.81 bits per heavy atom. The second-order valence-corrected chi connectivity index (χ2v) is 9.13. The standard InChI is InChI=1S/C23H28N4O3S2/c1-15(2)27-22(16(3)30-19-11-9-18(29-4)10-12-19)25-26-23(27)32-14-21(28)24-17-7-6-8-20(13-17)31-5/h6-13,15-16H,14H2,1-5H3,(H,24,28). The highest BCUT2D eigenvalue weighted by Gasteiger charge is 2.22. The summed E-state index contributed by atoms with van der Waals surface area (Å²) in [6, 6.07) is 15.3. The number of anilines is 1. The summed E-state index contributed by atoms with van der Waals surface area (Å²) in [7, 11) is 1.63. The first-order chi connectivity index (χ1) is 15.4. The summed E-state index contributed by atoms with van der Waals surface area (Å²) in [5.41, 5.74) is 0.787. The fourth-order valence-electron chi connectivity index (χ4n) is 3.09. The molecule has 9 heteroatoms. The monoisotopic (exact) mass is 472 g/mol. The van der Waals surface area contributed by atoms with Gasteiger partial charge in [-0.05, 0) is 69.5 Å². The van der Waals surface area contributed by atoms with Crippen molar-refractivity contribution >= 4 is 35.1 Å². The molecule has 0 spiro atoms. The van der Waals surface area contributed by atoms with E-state index in [9.17, 15) is 4.79 Å². The van der Waals surface area contributed by atoms with Crippen LogP contribution in [0.25, 0.3) is 0 Å². The van der Waals surface area contributed by atoms with Gasteiger partial charge in [-0.1, -0.05) is 17.8 Å². The molecule has 0 aliphatic carbocycles. The number of carbonyl (C=O) groups excluding carboxylic acids is 1. The van der Waals surface area contributed by atoms with E-state index in [1.54, 1.807) is 18.9 Å². The highest BCUT2D eigenvalue weighted by Crippen LogP contribution is 2.28. The quantitative estimate of drug-likeness (QED) is 0.393. The van der Waals surface area contributed by atoms with E-state index in [1.807, 2.05) is 66.3 Å². The number of nitrogens with zero attached hydrogens (tertiary/aromatic N) is 3. The molecular formula is C23H28N4O3S2. The summed E-state index contributed by atoms with van der Waals surface area (Å²) in [5, 5.41) is 12.3. The second kappa shape index (κ2) is 11.3. The summed E-state index contributed by atoms with van der Waals surface area (Å²) in [5.74, 6) is 2.36. The van der Waals surface area contributed by atoms with Crippen LogP contribution in [0, 0.1) is 0 Å². The number of methoxy groups -OCH3 is 1. The van der Waals surface area contributed by atoms with Crippen LogP contribution in [0.2, 0.25) is 0 Å². The van der Waals surface area contributed by atoms with Crippen molar-refractivity contribution < 1.29 is 14.3 Å². The Morgan fingerprint density at radius 1 is 1.09 bits per heavy atom. The van der Waals surface area contributed by atoms with Crippen molar-refractivity contribution in [2.75, 3.05) is 24.4 Å². The normalized spacial score (nSPS) is 11.9. The molecule has 1 unspecified atom stereocenters. The molecule has 0 bridgehead atoms. The van der Waals surface area contributed by atoms with Crippen LogP contribution in [0.5, 0.6) is 11.5 Å².